The second kappa shape index (κ2) is 4.02. The van der Waals surface area contributed by atoms with E-state index >= 15 is 0 Å². The van der Waals surface area contributed by atoms with Crippen molar-refractivity contribution in [2.24, 2.45) is 5.16 Å². The van der Waals surface area contributed by atoms with Crippen LogP contribution in [-0.4, -0.2) is 22.9 Å². The van der Waals surface area contributed by atoms with Gasteiger partial charge in [0.05, 0.1) is 4.88 Å². The van der Waals surface area contributed by atoms with Crippen LogP contribution in [0, 0.1) is 0 Å². The number of rotatable bonds is 3. The van der Waals surface area contributed by atoms with Crippen molar-refractivity contribution in [1.82, 2.24) is 0 Å². The summed E-state index contributed by atoms with van der Waals surface area (Å²) in [5.41, 5.74) is 0.743. The van der Waals surface area contributed by atoms with Crippen LogP contribution in [0.4, 0.5) is 0 Å². The van der Waals surface area contributed by atoms with Crippen molar-refractivity contribution in [3.05, 3.63) is 21.9 Å². The first-order valence-corrected chi connectivity index (χ1v) is 5.57. The number of hydrogen-bond donors (Lipinski definition) is 1. The number of aliphatic carboxylic acids is 1. The van der Waals surface area contributed by atoms with E-state index in [0.29, 0.717) is 6.42 Å². The highest BCUT2D eigenvalue weighted by atomic mass is 32.1. The molecule has 0 radical (unpaired) electrons. The molecule has 1 unspecified atom stereocenters. The molecular formula is C10H11NO3S. The zero-order valence-electron chi connectivity index (χ0n) is 8.27. The highest BCUT2D eigenvalue weighted by molar-refractivity contribution is 7.14. The summed E-state index contributed by atoms with van der Waals surface area (Å²) in [5, 5.41) is 12.5. The molecule has 0 amide bonds. The fraction of sp³-hybridized carbons (Fsp3) is 0.400. The van der Waals surface area contributed by atoms with Crippen LogP contribution in [0.15, 0.2) is 17.3 Å². The average Bonchev–Trinajstić information content (AvgIpc) is 2.86. The molecular weight excluding hydrogens is 214 g/mol. The van der Waals surface area contributed by atoms with Crippen molar-refractivity contribution in [3.8, 4) is 0 Å². The Labute approximate surface area is 91.2 Å². The molecule has 0 fully saturated rings. The summed E-state index contributed by atoms with van der Waals surface area (Å²) in [7, 11) is 0. The molecule has 0 bridgehead atoms. The second-order valence-corrected chi connectivity index (χ2v) is 4.46. The molecule has 0 aromatic carbocycles. The SMILES string of the molecule is CCc1ccc(C2=NOC(C(=O)O)C2)s1. The van der Waals surface area contributed by atoms with Crippen LogP contribution >= 0.6 is 11.3 Å². The zero-order chi connectivity index (χ0) is 10.8. The third-order valence-corrected chi connectivity index (χ3v) is 3.52. The summed E-state index contributed by atoms with van der Waals surface area (Å²) >= 11 is 1.64. The van der Waals surface area contributed by atoms with Crippen molar-refractivity contribution in [3.63, 3.8) is 0 Å². The summed E-state index contributed by atoms with van der Waals surface area (Å²) in [6.07, 6.45) is 0.535. The third kappa shape index (κ3) is 2.02. The highest BCUT2D eigenvalue weighted by Crippen LogP contribution is 2.23. The van der Waals surface area contributed by atoms with Gasteiger partial charge >= 0.3 is 5.97 Å². The lowest BCUT2D eigenvalue weighted by molar-refractivity contribution is -0.148. The van der Waals surface area contributed by atoms with E-state index in [1.54, 1.807) is 11.3 Å². The summed E-state index contributed by atoms with van der Waals surface area (Å²) < 4.78 is 0. The summed E-state index contributed by atoms with van der Waals surface area (Å²) in [6.45, 7) is 2.09. The molecule has 1 N–H and O–H groups in total. The number of nitrogens with zero attached hydrogens (tertiary/aromatic N) is 1. The molecule has 0 saturated carbocycles. The Hall–Kier alpha value is -1.36. The normalized spacial score (nSPS) is 19.8. The van der Waals surface area contributed by atoms with Crippen molar-refractivity contribution in [2.45, 2.75) is 25.9 Å². The van der Waals surface area contributed by atoms with E-state index in [0.717, 1.165) is 17.0 Å². The molecule has 1 aromatic rings. The fourth-order valence-electron chi connectivity index (χ4n) is 1.38. The second-order valence-electron chi connectivity index (χ2n) is 3.29. The Balaban J connectivity index is 2.10. The molecule has 1 atom stereocenters. The number of thiophene rings is 1. The number of aryl methyl sites for hydroxylation is 1. The molecule has 1 aliphatic rings. The van der Waals surface area contributed by atoms with Gasteiger partial charge in [-0.25, -0.2) is 4.79 Å². The van der Waals surface area contributed by atoms with Crippen molar-refractivity contribution < 1.29 is 14.7 Å². The van der Waals surface area contributed by atoms with Gasteiger partial charge in [0, 0.05) is 11.3 Å². The van der Waals surface area contributed by atoms with Crippen molar-refractivity contribution in [2.75, 3.05) is 0 Å². The Morgan fingerprint density at radius 2 is 2.53 bits per heavy atom. The number of carboxylic acid groups (broad SMARTS) is 1. The first-order chi connectivity index (χ1) is 7.20. The quantitative estimate of drug-likeness (QED) is 0.854. The third-order valence-electron chi connectivity index (χ3n) is 2.24. The van der Waals surface area contributed by atoms with Crippen LogP contribution in [0.2, 0.25) is 0 Å². The van der Waals surface area contributed by atoms with Crippen LogP contribution in [0.25, 0.3) is 0 Å². The van der Waals surface area contributed by atoms with E-state index in [-0.39, 0.29) is 0 Å². The maximum atomic E-state index is 10.6. The molecule has 4 nitrogen and oxygen atoms in total. The van der Waals surface area contributed by atoms with Gasteiger partial charge < -0.3 is 9.94 Å². The van der Waals surface area contributed by atoms with Gasteiger partial charge in [-0.1, -0.05) is 12.1 Å². The Morgan fingerprint density at radius 1 is 1.73 bits per heavy atom. The molecule has 0 spiro atoms. The molecule has 15 heavy (non-hydrogen) atoms. The van der Waals surface area contributed by atoms with Gasteiger partial charge in [-0.15, -0.1) is 11.3 Å². The van der Waals surface area contributed by atoms with E-state index in [1.807, 2.05) is 12.1 Å². The van der Waals surface area contributed by atoms with Crippen LogP contribution in [0.5, 0.6) is 0 Å². The molecule has 0 aliphatic carbocycles. The first kappa shape index (κ1) is 10.2. The van der Waals surface area contributed by atoms with E-state index in [4.69, 9.17) is 9.94 Å². The maximum absolute atomic E-state index is 10.6. The van der Waals surface area contributed by atoms with Crippen LogP contribution in [0.1, 0.15) is 23.1 Å². The minimum atomic E-state index is -0.957. The average molecular weight is 225 g/mol. The minimum absolute atomic E-state index is 0.360. The lowest BCUT2D eigenvalue weighted by Crippen LogP contribution is -2.19. The van der Waals surface area contributed by atoms with Crippen LogP contribution < -0.4 is 0 Å². The van der Waals surface area contributed by atoms with Gasteiger partial charge in [-0.2, -0.15) is 0 Å². The van der Waals surface area contributed by atoms with E-state index in [9.17, 15) is 4.79 Å². The fourth-order valence-corrected chi connectivity index (χ4v) is 2.32. The number of carbonyl (C=O) groups is 1. The highest BCUT2D eigenvalue weighted by Gasteiger charge is 2.28. The molecule has 0 saturated heterocycles. The lowest BCUT2D eigenvalue weighted by Gasteiger charge is -1.98. The number of oxime groups is 1. The molecule has 1 aromatic heterocycles. The van der Waals surface area contributed by atoms with Crippen molar-refractivity contribution >= 4 is 23.0 Å². The molecule has 80 valence electrons. The van der Waals surface area contributed by atoms with Gasteiger partial charge in [-0.05, 0) is 18.6 Å². The van der Waals surface area contributed by atoms with E-state index in [2.05, 4.69) is 12.1 Å². The molecule has 1 aliphatic heterocycles. The topological polar surface area (TPSA) is 58.9 Å². The van der Waals surface area contributed by atoms with E-state index in [1.165, 1.54) is 4.88 Å². The standard InChI is InChI=1S/C10H11NO3S/c1-2-6-3-4-9(15-6)7-5-8(10(12)13)14-11-7/h3-4,8H,2,5H2,1H3,(H,12,13). The zero-order valence-corrected chi connectivity index (χ0v) is 9.08. The summed E-state index contributed by atoms with van der Waals surface area (Å²) in [6, 6.07) is 4.01. The van der Waals surface area contributed by atoms with Gasteiger partial charge in [-0.3, -0.25) is 0 Å². The van der Waals surface area contributed by atoms with Crippen LogP contribution in [-0.2, 0) is 16.1 Å². The van der Waals surface area contributed by atoms with Crippen molar-refractivity contribution in [1.29, 1.82) is 0 Å². The van der Waals surface area contributed by atoms with Gasteiger partial charge in [0.15, 0.2) is 0 Å². The Morgan fingerprint density at radius 3 is 3.07 bits per heavy atom. The largest absolute Gasteiger partial charge is 0.478 e. The number of carboxylic acids is 1. The smallest absolute Gasteiger partial charge is 0.348 e. The monoisotopic (exact) mass is 225 g/mol. The summed E-state index contributed by atoms with van der Waals surface area (Å²) in [4.78, 5) is 17.7. The van der Waals surface area contributed by atoms with E-state index < -0.39 is 12.1 Å². The molecule has 2 heterocycles. The molecule has 5 heteroatoms. The number of hydrogen-bond acceptors (Lipinski definition) is 4. The van der Waals surface area contributed by atoms with Crippen LogP contribution in [0.3, 0.4) is 0 Å². The maximum Gasteiger partial charge on any atom is 0.348 e. The molecule has 2 rings (SSSR count). The van der Waals surface area contributed by atoms with Gasteiger partial charge in [0.25, 0.3) is 0 Å². The predicted octanol–water partition coefficient (Wildman–Crippen LogP) is 1.89. The van der Waals surface area contributed by atoms with Gasteiger partial charge in [0.1, 0.15) is 5.71 Å². The lowest BCUT2D eigenvalue weighted by atomic mass is 10.1. The first-order valence-electron chi connectivity index (χ1n) is 4.75. The van der Waals surface area contributed by atoms with Gasteiger partial charge in [0.2, 0.25) is 6.10 Å². The predicted molar refractivity (Wildman–Crippen MR) is 57.4 cm³/mol. The minimum Gasteiger partial charge on any atom is -0.478 e. The Kier molecular flexibility index (Phi) is 2.73. The Bertz CT molecular complexity index is 411. The summed E-state index contributed by atoms with van der Waals surface area (Å²) in [5.74, 6) is -0.957.